The molecule has 0 aliphatic carbocycles. The van der Waals surface area contributed by atoms with Crippen LogP contribution in [0.1, 0.15) is 6.42 Å². The lowest BCUT2D eigenvalue weighted by Crippen LogP contribution is -2.61. The largest absolute Gasteiger partial charge is 0.495 e. The zero-order valence-electron chi connectivity index (χ0n) is 14.9. The molecule has 2 atom stereocenters. The molecule has 2 fully saturated rings. The molecule has 0 aromatic heterocycles. The highest BCUT2D eigenvalue weighted by Gasteiger charge is 2.40. The number of piperidine rings is 1. The molecule has 2 aromatic rings. The fourth-order valence-corrected chi connectivity index (χ4v) is 3.80. The summed E-state index contributed by atoms with van der Waals surface area (Å²) >= 11 is 0. The Bertz CT molecular complexity index is 874. The minimum Gasteiger partial charge on any atom is -0.495 e. The summed E-state index contributed by atoms with van der Waals surface area (Å²) < 4.78 is 39.6. The summed E-state index contributed by atoms with van der Waals surface area (Å²) in [6.07, 6.45) is 0.555. The Morgan fingerprint density at radius 2 is 2.11 bits per heavy atom. The van der Waals surface area contributed by atoms with E-state index in [1.165, 1.54) is 37.4 Å². The second-order valence-corrected chi connectivity index (χ2v) is 6.69. The molecule has 1 N–H and O–H groups in total. The van der Waals surface area contributed by atoms with Crippen molar-refractivity contribution in [2.45, 2.75) is 18.6 Å². The molecule has 27 heavy (non-hydrogen) atoms. The second-order valence-electron chi connectivity index (χ2n) is 6.69. The number of ether oxygens (including phenoxy) is 2. The number of methoxy groups -OCH3 is 1. The summed E-state index contributed by atoms with van der Waals surface area (Å²) in [6, 6.07) is 8.34. The summed E-state index contributed by atoms with van der Waals surface area (Å²) in [5.74, 6) is -0.852. The van der Waals surface area contributed by atoms with Crippen molar-refractivity contribution < 1.29 is 23.0 Å². The van der Waals surface area contributed by atoms with Crippen molar-refractivity contribution in [2.75, 3.05) is 31.7 Å². The van der Waals surface area contributed by atoms with Crippen molar-refractivity contribution in [3.05, 3.63) is 48.0 Å². The third-order valence-electron chi connectivity index (χ3n) is 5.08. The Balaban J connectivity index is 1.78. The molecule has 2 saturated heterocycles. The van der Waals surface area contributed by atoms with Crippen molar-refractivity contribution >= 4 is 11.6 Å². The van der Waals surface area contributed by atoms with Crippen LogP contribution in [0.25, 0.3) is 11.1 Å². The van der Waals surface area contributed by atoms with Crippen molar-refractivity contribution in [3.8, 4) is 16.9 Å². The lowest BCUT2D eigenvalue weighted by Gasteiger charge is -2.44. The van der Waals surface area contributed by atoms with Crippen molar-refractivity contribution in [2.24, 2.45) is 0 Å². The minimum absolute atomic E-state index is 0.0563. The summed E-state index contributed by atoms with van der Waals surface area (Å²) in [7, 11) is 1.47. The number of hydrogen-bond acceptors (Lipinski definition) is 4. The average molecular weight is 374 g/mol. The van der Waals surface area contributed by atoms with Gasteiger partial charge in [-0.2, -0.15) is 0 Å². The number of anilines is 1. The van der Waals surface area contributed by atoms with Gasteiger partial charge in [0, 0.05) is 18.2 Å². The number of carbonyl (C=O) groups excluding carboxylic acids is 1. The molecule has 2 heterocycles. The average Bonchev–Trinajstić information content (AvgIpc) is 2.68. The molecule has 0 radical (unpaired) electrons. The smallest absolute Gasteiger partial charge is 0.253 e. The molecule has 2 aromatic carbocycles. The number of morpholine rings is 1. The van der Waals surface area contributed by atoms with Gasteiger partial charge in [-0.05, 0) is 36.7 Å². The summed E-state index contributed by atoms with van der Waals surface area (Å²) in [5, 5.41) is 3.24. The fraction of sp³-hybridized carbons (Fsp3) is 0.350. The number of amides is 1. The number of halogens is 2. The second kappa shape index (κ2) is 7.25. The first-order valence-corrected chi connectivity index (χ1v) is 8.86. The van der Waals surface area contributed by atoms with E-state index < -0.39 is 11.6 Å². The van der Waals surface area contributed by atoms with E-state index in [-0.39, 0.29) is 30.2 Å². The fourth-order valence-electron chi connectivity index (χ4n) is 3.80. The van der Waals surface area contributed by atoms with Crippen LogP contribution in [0.15, 0.2) is 36.4 Å². The normalized spacial score (nSPS) is 22.5. The predicted molar refractivity (Wildman–Crippen MR) is 96.8 cm³/mol. The maximum atomic E-state index is 14.9. The quantitative estimate of drug-likeness (QED) is 0.898. The molecule has 1 amide bonds. The van der Waals surface area contributed by atoms with Gasteiger partial charge in [0.2, 0.25) is 0 Å². The third kappa shape index (κ3) is 3.28. The van der Waals surface area contributed by atoms with Gasteiger partial charge in [0.1, 0.15) is 24.0 Å². The maximum Gasteiger partial charge on any atom is 0.253 e. The molecule has 7 heteroatoms. The SMILES string of the molecule is COc1cc(-c2cccc(F)c2)c(F)cc1N1C(=O)CO[C@@H]2CNCC[C@H]21. The molecule has 5 nitrogen and oxygen atoms in total. The summed E-state index contributed by atoms with van der Waals surface area (Å²) in [4.78, 5) is 14.2. The molecule has 142 valence electrons. The van der Waals surface area contributed by atoms with E-state index in [0.29, 0.717) is 30.0 Å². The number of rotatable bonds is 3. The van der Waals surface area contributed by atoms with Gasteiger partial charge in [-0.25, -0.2) is 8.78 Å². The number of benzene rings is 2. The topological polar surface area (TPSA) is 50.8 Å². The Morgan fingerprint density at radius 3 is 2.89 bits per heavy atom. The number of nitrogens with zero attached hydrogens (tertiary/aromatic N) is 1. The molecule has 2 aliphatic heterocycles. The standard InChI is InChI=1S/C20H20F2N2O3/c1-26-18-8-14(12-3-2-4-13(21)7-12)15(22)9-17(18)24-16-5-6-23-10-19(16)27-11-20(24)25/h2-4,7-9,16,19,23H,5-6,10-11H2,1H3/t16-,19-/m1/s1. The van der Waals surface area contributed by atoms with E-state index >= 15 is 0 Å². The Labute approximate surface area is 155 Å². The highest BCUT2D eigenvalue weighted by Crippen LogP contribution is 2.39. The lowest BCUT2D eigenvalue weighted by molar-refractivity contribution is -0.133. The molecule has 0 unspecified atom stereocenters. The van der Waals surface area contributed by atoms with E-state index in [2.05, 4.69) is 5.32 Å². The van der Waals surface area contributed by atoms with Gasteiger partial charge in [0.25, 0.3) is 5.91 Å². The molecule has 2 aliphatic rings. The highest BCUT2D eigenvalue weighted by atomic mass is 19.1. The van der Waals surface area contributed by atoms with Gasteiger partial charge in [0.15, 0.2) is 0 Å². The zero-order chi connectivity index (χ0) is 19.0. The van der Waals surface area contributed by atoms with Crippen LogP contribution in [0.5, 0.6) is 5.75 Å². The lowest BCUT2D eigenvalue weighted by atomic mass is 9.97. The zero-order valence-corrected chi connectivity index (χ0v) is 14.9. The number of carbonyl (C=O) groups is 1. The Kier molecular flexibility index (Phi) is 4.80. The van der Waals surface area contributed by atoms with E-state index in [9.17, 15) is 13.6 Å². The number of fused-ring (bicyclic) bond motifs is 1. The van der Waals surface area contributed by atoms with E-state index in [0.717, 1.165) is 6.54 Å². The molecule has 0 spiro atoms. The minimum atomic E-state index is -0.541. The monoisotopic (exact) mass is 374 g/mol. The molecule has 4 rings (SSSR count). The van der Waals surface area contributed by atoms with Crippen LogP contribution in [-0.4, -0.2) is 44.9 Å². The van der Waals surface area contributed by atoms with Crippen LogP contribution in [-0.2, 0) is 9.53 Å². The van der Waals surface area contributed by atoms with Crippen LogP contribution in [0.3, 0.4) is 0 Å². The molecule has 0 saturated carbocycles. The van der Waals surface area contributed by atoms with Crippen LogP contribution in [0.2, 0.25) is 0 Å². The summed E-state index contributed by atoms with van der Waals surface area (Å²) in [6.45, 7) is 1.33. The van der Waals surface area contributed by atoms with Gasteiger partial charge in [0.05, 0.1) is 24.9 Å². The van der Waals surface area contributed by atoms with E-state index in [4.69, 9.17) is 9.47 Å². The number of hydrogen-bond donors (Lipinski definition) is 1. The van der Waals surface area contributed by atoms with E-state index in [1.54, 1.807) is 11.0 Å². The first kappa shape index (κ1) is 17.9. The molecular weight excluding hydrogens is 354 g/mol. The maximum absolute atomic E-state index is 14.9. The summed E-state index contributed by atoms with van der Waals surface area (Å²) in [5.41, 5.74) is 1.00. The Morgan fingerprint density at radius 1 is 1.26 bits per heavy atom. The van der Waals surface area contributed by atoms with Gasteiger partial charge in [-0.15, -0.1) is 0 Å². The Hall–Kier alpha value is -2.51. The van der Waals surface area contributed by atoms with Crippen molar-refractivity contribution in [1.82, 2.24) is 5.32 Å². The molecular formula is C20H20F2N2O3. The van der Waals surface area contributed by atoms with Gasteiger partial charge in [-0.3, -0.25) is 4.79 Å². The van der Waals surface area contributed by atoms with Gasteiger partial charge in [-0.1, -0.05) is 12.1 Å². The first-order valence-electron chi connectivity index (χ1n) is 8.86. The van der Waals surface area contributed by atoms with Crippen LogP contribution < -0.4 is 15.0 Å². The van der Waals surface area contributed by atoms with Gasteiger partial charge < -0.3 is 19.7 Å². The van der Waals surface area contributed by atoms with Crippen molar-refractivity contribution in [1.29, 1.82) is 0 Å². The number of nitrogens with one attached hydrogen (secondary N) is 1. The van der Waals surface area contributed by atoms with E-state index in [1.807, 2.05) is 0 Å². The van der Waals surface area contributed by atoms with Crippen LogP contribution in [0, 0.1) is 11.6 Å². The first-order chi connectivity index (χ1) is 13.1. The van der Waals surface area contributed by atoms with Gasteiger partial charge >= 0.3 is 0 Å². The highest BCUT2D eigenvalue weighted by molar-refractivity contribution is 5.97. The molecule has 0 bridgehead atoms. The predicted octanol–water partition coefficient (Wildman–Crippen LogP) is 2.73. The van der Waals surface area contributed by atoms with Crippen LogP contribution >= 0.6 is 0 Å². The van der Waals surface area contributed by atoms with Crippen molar-refractivity contribution in [3.63, 3.8) is 0 Å². The third-order valence-corrected chi connectivity index (χ3v) is 5.08. The van der Waals surface area contributed by atoms with Crippen LogP contribution in [0.4, 0.5) is 14.5 Å².